The summed E-state index contributed by atoms with van der Waals surface area (Å²) in [4.78, 5) is 105. The molecule has 9 rings (SSSR count). The van der Waals surface area contributed by atoms with Gasteiger partial charge in [-0.3, -0.25) is 48.4 Å². The number of allylic oxidation sites excluding steroid dienone is 4. The van der Waals surface area contributed by atoms with Crippen molar-refractivity contribution in [2.24, 2.45) is 21.8 Å². The zero-order valence-corrected chi connectivity index (χ0v) is 46.9. The molecule has 6 aliphatic rings. The molecule has 0 bridgehead atoms. The lowest BCUT2D eigenvalue weighted by atomic mass is 9.85. The highest BCUT2D eigenvalue weighted by molar-refractivity contribution is 6.06. The van der Waals surface area contributed by atoms with Gasteiger partial charge in [-0.05, 0) is 90.6 Å². The van der Waals surface area contributed by atoms with Crippen LogP contribution in [0, 0.1) is 11.8 Å². The third-order valence-electron chi connectivity index (χ3n) is 15.3. The molecule has 0 radical (unpaired) electrons. The van der Waals surface area contributed by atoms with Crippen LogP contribution in [0.2, 0.25) is 0 Å². The molecule has 81 heavy (non-hydrogen) atoms. The van der Waals surface area contributed by atoms with Crippen molar-refractivity contribution in [2.45, 2.75) is 116 Å². The van der Waals surface area contributed by atoms with E-state index in [-0.39, 0.29) is 85.9 Å². The van der Waals surface area contributed by atoms with Crippen molar-refractivity contribution >= 4 is 70.7 Å². The van der Waals surface area contributed by atoms with Gasteiger partial charge < -0.3 is 49.4 Å². The number of ether oxygens (including phenoxy) is 5. The number of carbonyl (C=O) groups is 7. The van der Waals surface area contributed by atoms with E-state index >= 15 is 0 Å². The van der Waals surface area contributed by atoms with Crippen LogP contribution in [0.5, 0.6) is 28.7 Å². The number of hydrogen-bond acceptors (Lipinski definition) is 14. The van der Waals surface area contributed by atoms with Crippen LogP contribution >= 0.6 is 0 Å². The lowest BCUT2D eigenvalue weighted by Gasteiger charge is -2.26. The molecular formula is C61H70N8O12. The second kappa shape index (κ2) is 25.3. The van der Waals surface area contributed by atoms with Crippen LogP contribution in [-0.4, -0.2) is 134 Å². The minimum absolute atomic E-state index is 0.0121. The van der Waals surface area contributed by atoms with Crippen LogP contribution in [-0.2, 0) is 24.0 Å². The summed E-state index contributed by atoms with van der Waals surface area (Å²) in [6, 6.07) is 12.2. The smallest absolute Gasteiger partial charge is 0.260 e. The largest absolute Gasteiger partial charge is 0.497 e. The number of likely N-dealkylation sites (tertiary alicyclic amines) is 1. The summed E-state index contributed by atoms with van der Waals surface area (Å²) in [5, 5.41) is 8.52. The molecule has 5 atom stereocenters. The van der Waals surface area contributed by atoms with E-state index in [9.17, 15) is 33.6 Å². The molecule has 3 aromatic carbocycles. The van der Waals surface area contributed by atoms with E-state index in [2.05, 4.69) is 22.9 Å². The topological polar surface area (TPSA) is 236 Å². The lowest BCUT2D eigenvalue weighted by molar-refractivity contribution is -0.138. The molecule has 2 unspecified atom stereocenters. The SMILES string of the molecule is COc1ccc(C2=CN3C(=O)c4cc(OC)c(OCCCOc5cc6c(cc5OC)C(=O)N5C=C(C7=CC=C(NC(=O)[C@H](C)NC(=O)[C@@H](NC(=O)CCCCCN8C(=O)CCC8=O)C(C)C)CC7C)C[C@H]5C=N6)cc4N=CC3C2)cc1. The molecule has 5 heterocycles. The number of benzene rings is 3. The molecule has 5 aliphatic heterocycles. The Morgan fingerprint density at radius 3 is 1.79 bits per heavy atom. The van der Waals surface area contributed by atoms with Crippen LogP contribution in [0.4, 0.5) is 11.4 Å². The molecule has 426 valence electrons. The monoisotopic (exact) mass is 1110 g/mol. The summed E-state index contributed by atoms with van der Waals surface area (Å²) in [6.07, 6.45) is 15.7. The Bertz CT molecular complexity index is 3160. The van der Waals surface area contributed by atoms with Crippen LogP contribution in [0.1, 0.15) is 118 Å². The molecule has 20 heteroatoms. The van der Waals surface area contributed by atoms with Crippen molar-refractivity contribution in [2.75, 3.05) is 41.1 Å². The third kappa shape index (κ3) is 12.9. The highest BCUT2D eigenvalue weighted by Crippen LogP contribution is 2.43. The predicted octanol–water partition coefficient (Wildman–Crippen LogP) is 7.67. The molecule has 3 aromatic rings. The molecule has 3 N–H and O–H groups in total. The Hall–Kier alpha value is -8.55. The van der Waals surface area contributed by atoms with E-state index < -0.39 is 23.9 Å². The molecule has 1 aliphatic carbocycles. The van der Waals surface area contributed by atoms with Crippen molar-refractivity contribution in [3.05, 3.63) is 107 Å². The maximum absolute atomic E-state index is 14.2. The van der Waals surface area contributed by atoms with Gasteiger partial charge in [0.2, 0.25) is 29.5 Å². The Morgan fingerprint density at radius 2 is 1.23 bits per heavy atom. The average Bonchev–Trinajstić information content (AvgIpc) is 4.16. The first-order valence-corrected chi connectivity index (χ1v) is 27.7. The van der Waals surface area contributed by atoms with E-state index in [1.165, 1.54) is 19.1 Å². The minimum Gasteiger partial charge on any atom is -0.497 e. The van der Waals surface area contributed by atoms with Crippen molar-refractivity contribution in [1.82, 2.24) is 30.7 Å². The fourth-order valence-electron chi connectivity index (χ4n) is 10.8. The number of nitrogens with zero attached hydrogens (tertiary/aromatic N) is 5. The van der Waals surface area contributed by atoms with Crippen molar-refractivity contribution in [1.29, 1.82) is 0 Å². The molecule has 1 saturated heterocycles. The minimum atomic E-state index is -0.896. The predicted molar refractivity (Wildman–Crippen MR) is 303 cm³/mol. The number of carbonyl (C=O) groups excluding carboxylic acids is 7. The summed E-state index contributed by atoms with van der Waals surface area (Å²) >= 11 is 0. The molecule has 0 saturated carbocycles. The van der Waals surface area contributed by atoms with Gasteiger partial charge in [-0.1, -0.05) is 45.4 Å². The number of rotatable bonds is 23. The Balaban J connectivity index is 0.748. The quantitative estimate of drug-likeness (QED) is 0.0613. The van der Waals surface area contributed by atoms with E-state index in [0.717, 1.165) is 28.0 Å². The number of hydrogen-bond donors (Lipinski definition) is 3. The van der Waals surface area contributed by atoms with Crippen LogP contribution < -0.4 is 39.6 Å². The van der Waals surface area contributed by atoms with Gasteiger partial charge in [0, 0.05) is 87.7 Å². The molecule has 0 spiro atoms. The van der Waals surface area contributed by atoms with E-state index in [1.807, 2.05) is 62.7 Å². The Morgan fingerprint density at radius 1 is 0.654 bits per heavy atom. The van der Waals surface area contributed by atoms with Crippen molar-refractivity contribution < 1.29 is 57.2 Å². The standard InChI is InChI=1S/C61H70N8O12/c1-35(2)57(66-54(70)12-9-8-10-21-67-55(71)19-20-56(67)72)59(74)64-37(4)58(73)65-41-15-18-45(36(3)24-41)40-26-43-32-63-49-30-53(51(79-7)28-47(49)61(76)69(43)34-40)81-23-11-22-80-52-29-48-46(27-50(52)78-6)60(75)68-33-39(25-42(68)31-62-48)38-13-16-44(77-5)17-14-38/h13-18,27-37,42-43,57H,8-12,19-26H2,1-7H3,(H,64,74)(H,65,73)(H,66,70)/t36?,37-,42?,43-,57-/m0/s1. The molecule has 20 nitrogen and oxygen atoms in total. The lowest BCUT2D eigenvalue weighted by Crippen LogP contribution is -2.54. The maximum Gasteiger partial charge on any atom is 0.260 e. The number of unbranched alkanes of at least 4 members (excludes halogenated alkanes) is 2. The number of aliphatic imine (C=N–C) groups is 2. The zero-order valence-electron chi connectivity index (χ0n) is 46.9. The van der Waals surface area contributed by atoms with Gasteiger partial charge in [-0.15, -0.1) is 0 Å². The molecule has 0 aromatic heterocycles. The van der Waals surface area contributed by atoms with Gasteiger partial charge in [0.15, 0.2) is 23.0 Å². The van der Waals surface area contributed by atoms with Gasteiger partial charge in [0.05, 0.1) is 69.1 Å². The highest BCUT2D eigenvalue weighted by Gasteiger charge is 2.37. The zero-order chi connectivity index (χ0) is 57.5. The van der Waals surface area contributed by atoms with Crippen LogP contribution in [0.15, 0.2) is 99.9 Å². The summed E-state index contributed by atoms with van der Waals surface area (Å²) in [7, 11) is 4.67. The maximum atomic E-state index is 14.2. The first-order valence-electron chi connectivity index (χ1n) is 27.7. The second-order valence-corrected chi connectivity index (χ2v) is 21.3. The first kappa shape index (κ1) is 57.1. The summed E-state index contributed by atoms with van der Waals surface area (Å²) in [5.74, 6) is 0.252. The summed E-state index contributed by atoms with van der Waals surface area (Å²) < 4.78 is 29.0. The van der Waals surface area contributed by atoms with Crippen LogP contribution in [0.3, 0.4) is 0 Å². The summed E-state index contributed by atoms with van der Waals surface area (Å²) in [5.41, 5.74) is 6.44. The second-order valence-electron chi connectivity index (χ2n) is 21.3. The number of fused-ring (bicyclic) bond motifs is 4. The van der Waals surface area contributed by atoms with Crippen molar-refractivity contribution in [3.8, 4) is 28.7 Å². The van der Waals surface area contributed by atoms with Crippen molar-refractivity contribution in [3.63, 3.8) is 0 Å². The number of imide groups is 1. The van der Waals surface area contributed by atoms with E-state index in [1.54, 1.807) is 60.5 Å². The van der Waals surface area contributed by atoms with E-state index in [4.69, 9.17) is 33.7 Å². The van der Waals surface area contributed by atoms with Crippen LogP contribution in [0.25, 0.3) is 5.57 Å². The molecular weight excluding hydrogens is 1040 g/mol. The molecule has 7 amide bonds. The summed E-state index contributed by atoms with van der Waals surface area (Å²) in [6.45, 7) is 8.14. The number of methoxy groups -OCH3 is 3. The Kier molecular flexibility index (Phi) is 17.8. The van der Waals surface area contributed by atoms with Gasteiger partial charge in [0.25, 0.3) is 11.8 Å². The van der Waals surface area contributed by atoms with Gasteiger partial charge >= 0.3 is 0 Å². The first-order chi connectivity index (χ1) is 39.0. The van der Waals surface area contributed by atoms with Gasteiger partial charge in [0.1, 0.15) is 17.8 Å². The highest BCUT2D eigenvalue weighted by atomic mass is 16.5. The number of nitrogens with one attached hydrogen (secondary N) is 3. The molecule has 1 fully saturated rings. The van der Waals surface area contributed by atoms with Gasteiger partial charge in [-0.2, -0.15) is 0 Å². The third-order valence-corrected chi connectivity index (χ3v) is 15.3. The number of amides is 7. The van der Waals surface area contributed by atoms with Gasteiger partial charge in [-0.25, -0.2) is 0 Å². The normalized spacial score (nSPS) is 19.7. The Labute approximate surface area is 471 Å². The fourth-order valence-corrected chi connectivity index (χ4v) is 10.8. The van der Waals surface area contributed by atoms with E-state index in [0.29, 0.717) is 103 Å². The average molecular weight is 1110 g/mol. The fraction of sp³-hybridized carbons (Fsp3) is 0.426.